The molecule has 166 valence electrons. The summed E-state index contributed by atoms with van der Waals surface area (Å²) in [7, 11) is -3.47. The van der Waals surface area contributed by atoms with Crippen LogP contribution < -0.4 is 0 Å². The number of nitrogens with zero attached hydrogens (tertiary/aromatic N) is 2. The Labute approximate surface area is 181 Å². The second kappa shape index (κ2) is 8.27. The van der Waals surface area contributed by atoms with E-state index in [9.17, 15) is 13.2 Å². The Hall–Kier alpha value is -1.40. The molecule has 2 aliphatic carbocycles. The van der Waals surface area contributed by atoms with Gasteiger partial charge in [-0.25, -0.2) is 8.42 Å². The highest BCUT2D eigenvalue weighted by Gasteiger charge is 2.45. The molecule has 3 fully saturated rings. The minimum atomic E-state index is -3.47. The monoisotopic (exact) mass is 432 g/mol. The fourth-order valence-corrected chi connectivity index (χ4v) is 7.30. The molecule has 0 unspecified atom stereocenters. The van der Waals surface area contributed by atoms with E-state index < -0.39 is 10.0 Å². The number of hydrogen-bond acceptors (Lipinski definition) is 3. The molecule has 0 N–H and O–H groups in total. The molecule has 0 radical (unpaired) electrons. The summed E-state index contributed by atoms with van der Waals surface area (Å²) in [6.45, 7) is 7.84. The van der Waals surface area contributed by atoms with Crippen molar-refractivity contribution in [1.29, 1.82) is 0 Å². The van der Waals surface area contributed by atoms with Crippen LogP contribution in [-0.4, -0.2) is 48.7 Å². The van der Waals surface area contributed by atoms with E-state index in [2.05, 4.69) is 25.7 Å². The lowest BCUT2D eigenvalue weighted by molar-refractivity contribution is -0.142. The van der Waals surface area contributed by atoms with Crippen LogP contribution in [0, 0.1) is 17.3 Å². The molecule has 2 atom stereocenters. The summed E-state index contributed by atoms with van der Waals surface area (Å²) in [5.41, 5.74) is 0.281. The van der Waals surface area contributed by atoms with Crippen molar-refractivity contribution in [1.82, 2.24) is 9.21 Å². The maximum absolute atomic E-state index is 13.6. The zero-order valence-electron chi connectivity index (χ0n) is 18.6. The van der Waals surface area contributed by atoms with Crippen LogP contribution in [0.3, 0.4) is 0 Å². The third kappa shape index (κ3) is 4.59. The van der Waals surface area contributed by atoms with Gasteiger partial charge in [-0.2, -0.15) is 4.31 Å². The summed E-state index contributed by atoms with van der Waals surface area (Å²) in [4.78, 5) is 16.2. The van der Waals surface area contributed by atoms with Gasteiger partial charge in [0.1, 0.15) is 0 Å². The van der Waals surface area contributed by atoms with Gasteiger partial charge in [0.2, 0.25) is 15.9 Å². The number of sulfonamides is 1. The van der Waals surface area contributed by atoms with Crippen LogP contribution in [0.2, 0.25) is 0 Å². The number of carbonyl (C=O) groups is 1. The highest BCUT2D eigenvalue weighted by molar-refractivity contribution is 7.89. The fraction of sp³-hybridized carbons (Fsp3) is 0.708. The zero-order chi connectivity index (χ0) is 21.5. The topological polar surface area (TPSA) is 57.7 Å². The number of piperidine rings is 1. The first kappa shape index (κ1) is 21.8. The first-order valence-corrected chi connectivity index (χ1v) is 13.0. The van der Waals surface area contributed by atoms with Gasteiger partial charge in [-0.05, 0) is 68.4 Å². The highest BCUT2D eigenvalue weighted by Crippen LogP contribution is 2.44. The Kier molecular flexibility index (Phi) is 6.01. The van der Waals surface area contributed by atoms with Gasteiger partial charge >= 0.3 is 0 Å². The Morgan fingerprint density at radius 3 is 2.20 bits per heavy atom. The second-order valence-electron chi connectivity index (χ2n) is 10.5. The normalized spacial score (nSPS) is 28.2. The summed E-state index contributed by atoms with van der Waals surface area (Å²) in [6.07, 6.45) is 6.91. The molecule has 30 heavy (non-hydrogen) atoms. The summed E-state index contributed by atoms with van der Waals surface area (Å²) < 4.78 is 27.4. The lowest BCUT2D eigenvalue weighted by Crippen LogP contribution is -2.51. The number of benzene rings is 1. The third-order valence-electron chi connectivity index (χ3n) is 7.14. The fourth-order valence-electron chi connectivity index (χ4n) is 5.81. The van der Waals surface area contributed by atoms with Crippen LogP contribution in [0.5, 0.6) is 0 Å². The van der Waals surface area contributed by atoms with E-state index in [-0.39, 0.29) is 17.2 Å². The Bertz CT molecular complexity index is 856. The maximum atomic E-state index is 13.6. The van der Waals surface area contributed by atoms with Gasteiger partial charge < -0.3 is 4.90 Å². The smallest absolute Gasteiger partial charge is 0.243 e. The maximum Gasteiger partial charge on any atom is 0.243 e. The Morgan fingerprint density at radius 1 is 1.00 bits per heavy atom. The SMILES string of the molecule is C[C@H]1C[C@@H](N(C(=O)C2CCN(S(=O)(=O)c3ccccc3)CC2)C2CC2)CC(C)(C)C1. The van der Waals surface area contributed by atoms with E-state index in [4.69, 9.17) is 0 Å². The quantitative estimate of drug-likeness (QED) is 0.697. The molecule has 1 heterocycles. The van der Waals surface area contributed by atoms with Crippen LogP contribution in [0.15, 0.2) is 35.2 Å². The van der Waals surface area contributed by atoms with Crippen molar-refractivity contribution in [3.63, 3.8) is 0 Å². The Morgan fingerprint density at radius 2 is 1.63 bits per heavy atom. The van der Waals surface area contributed by atoms with E-state index >= 15 is 0 Å². The van der Waals surface area contributed by atoms with Gasteiger partial charge in [-0.3, -0.25) is 4.79 Å². The lowest BCUT2D eigenvalue weighted by atomic mass is 9.70. The van der Waals surface area contributed by atoms with Crippen LogP contribution in [0.1, 0.15) is 65.7 Å². The summed E-state index contributed by atoms with van der Waals surface area (Å²) in [6, 6.07) is 9.38. The molecule has 6 heteroatoms. The predicted octanol–water partition coefficient (Wildman–Crippen LogP) is 4.29. The summed E-state index contributed by atoms with van der Waals surface area (Å²) >= 11 is 0. The molecule has 3 aliphatic rings. The van der Waals surface area contributed by atoms with Crippen molar-refractivity contribution < 1.29 is 13.2 Å². The molecule has 0 spiro atoms. The van der Waals surface area contributed by atoms with E-state index in [1.807, 2.05) is 6.07 Å². The molecular formula is C24H36N2O3S. The highest BCUT2D eigenvalue weighted by atomic mass is 32.2. The molecule has 2 saturated carbocycles. The molecule has 1 amide bonds. The van der Waals surface area contributed by atoms with E-state index in [0.717, 1.165) is 25.7 Å². The first-order valence-electron chi connectivity index (χ1n) is 11.5. The number of hydrogen-bond donors (Lipinski definition) is 0. The van der Waals surface area contributed by atoms with Crippen molar-refractivity contribution in [3.05, 3.63) is 30.3 Å². The molecule has 4 rings (SSSR count). The van der Waals surface area contributed by atoms with Gasteiger partial charge in [0.25, 0.3) is 0 Å². The van der Waals surface area contributed by atoms with Crippen molar-refractivity contribution in [3.8, 4) is 0 Å². The largest absolute Gasteiger partial charge is 0.336 e. The average molecular weight is 433 g/mol. The van der Waals surface area contributed by atoms with Crippen LogP contribution in [-0.2, 0) is 14.8 Å². The van der Waals surface area contributed by atoms with Crippen LogP contribution in [0.4, 0.5) is 0 Å². The third-order valence-corrected chi connectivity index (χ3v) is 9.05. The summed E-state index contributed by atoms with van der Waals surface area (Å²) in [5, 5.41) is 0. The van der Waals surface area contributed by atoms with Crippen LogP contribution in [0.25, 0.3) is 0 Å². The lowest BCUT2D eigenvalue weighted by Gasteiger charge is -2.45. The average Bonchev–Trinajstić information content (AvgIpc) is 3.52. The minimum absolute atomic E-state index is 0.0480. The van der Waals surface area contributed by atoms with E-state index in [1.54, 1.807) is 28.6 Å². The minimum Gasteiger partial charge on any atom is -0.336 e. The van der Waals surface area contributed by atoms with E-state index in [1.165, 1.54) is 6.42 Å². The molecular weight excluding hydrogens is 396 g/mol. The molecule has 5 nitrogen and oxygen atoms in total. The predicted molar refractivity (Wildman–Crippen MR) is 118 cm³/mol. The van der Waals surface area contributed by atoms with Gasteiger partial charge in [0.15, 0.2) is 0 Å². The zero-order valence-corrected chi connectivity index (χ0v) is 19.4. The van der Waals surface area contributed by atoms with Gasteiger partial charge in [-0.1, -0.05) is 39.0 Å². The van der Waals surface area contributed by atoms with Gasteiger partial charge in [0.05, 0.1) is 4.90 Å². The summed E-state index contributed by atoms with van der Waals surface area (Å²) in [5.74, 6) is 0.878. The molecule has 1 aliphatic heterocycles. The van der Waals surface area contributed by atoms with Crippen molar-refractivity contribution in [2.75, 3.05) is 13.1 Å². The van der Waals surface area contributed by atoms with Gasteiger partial charge in [-0.15, -0.1) is 0 Å². The molecule has 0 aromatic heterocycles. The van der Waals surface area contributed by atoms with Crippen molar-refractivity contribution in [2.24, 2.45) is 17.3 Å². The van der Waals surface area contributed by atoms with Crippen molar-refractivity contribution >= 4 is 15.9 Å². The molecule has 1 saturated heterocycles. The van der Waals surface area contributed by atoms with E-state index in [0.29, 0.717) is 48.8 Å². The number of rotatable bonds is 5. The van der Waals surface area contributed by atoms with Gasteiger partial charge in [0, 0.05) is 31.1 Å². The molecule has 0 bridgehead atoms. The van der Waals surface area contributed by atoms with Crippen molar-refractivity contribution in [2.45, 2.75) is 82.7 Å². The second-order valence-corrected chi connectivity index (χ2v) is 12.5. The first-order chi connectivity index (χ1) is 14.2. The Balaban J connectivity index is 1.43. The standard InChI is InChI=1S/C24H36N2O3S/c1-18-15-21(17-24(2,3)16-18)26(20-9-10-20)23(27)19-11-13-25(14-12-19)30(28,29)22-7-5-4-6-8-22/h4-8,18-21H,9-17H2,1-3H3/t18-,21+/m0/s1. The number of amides is 1. The molecule has 1 aromatic carbocycles. The van der Waals surface area contributed by atoms with Crippen LogP contribution >= 0.6 is 0 Å². The molecule has 1 aromatic rings. The number of carbonyl (C=O) groups excluding carboxylic acids is 1.